The number of nitrogens with one attached hydrogen (secondary N) is 1. The maximum absolute atomic E-state index is 11.6. The van der Waals surface area contributed by atoms with Crippen LogP contribution in [-0.4, -0.2) is 57.1 Å². The molecule has 2 saturated heterocycles. The van der Waals surface area contributed by atoms with E-state index < -0.39 is 9.84 Å². The van der Waals surface area contributed by atoms with Crippen molar-refractivity contribution < 1.29 is 13.2 Å². The van der Waals surface area contributed by atoms with Crippen LogP contribution in [0.5, 0.6) is 5.75 Å². The lowest BCUT2D eigenvalue weighted by molar-refractivity contribution is 0.162. The van der Waals surface area contributed by atoms with Gasteiger partial charge in [0.25, 0.3) is 0 Å². The van der Waals surface area contributed by atoms with Gasteiger partial charge in [-0.1, -0.05) is 17.7 Å². The minimum absolute atomic E-state index is 0.187. The van der Waals surface area contributed by atoms with Gasteiger partial charge in [0.1, 0.15) is 21.7 Å². The van der Waals surface area contributed by atoms with Gasteiger partial charge >= 0.3 is 0 Å². The van der Waals surface area contributed by atoms with E-state index in [1.807, 2.05) is 12.1 Å². The minimum Gasteiger partial charge on any atom is -0.489 e. The van der Waals surface area contributed by atoms with Gasteiger partial charge in [0.2, 0.25) is 0 Å². The Morgan fingerprint density at radius 1 is 1.20 bits per heavy atom. The molecule has 2 fully saturated rings. The van der Waals surface area contributed by atoms with E-state index in [1.165, 1.54) is 6.26 Å². The largest absolute Gasteiger partial charge is 0.489 e. The average molecular weight is 387 g/mol. The molecule has 0 spiro atoms. The molecular weight excluding hydrogens is 360 g/mol. The van der Waals surface area contributed by atoms with Crippen LogP contribution in [0, 0.1) is 0 Å². The predicted octanol–water partition coefficient (Wildman–Crippen LogP) is 2.48. The van der Waals surface area contributed by atoms with Crippen LogP contribution in [0.1, 0.15) is 31.2 Å². The minimum atomic E-state index is -2.92. The van der Waals surface area contributed by atoms with Crippen molar-refractivity contribution >= 4 is 21.4 Å². The van der Waals surface area contributed by atoms with Crippen molar-refractivity contribution in [1.29, 1.82) is 0 Å². The van der Waals surface area contributed by atoms with Gasteiger partial charge in [-0.3, -0.25) is 4.90 Å². The van der Waals surface area contributed by atoms with Crippen molar-refractivity contribution in [2.24, 2.45) is 0 Å². The molecule has 1 aromatic rings. The average Bonchev–Trinajstić information content (AvgIpc) is 2.58. The van der Waals surface area contributed by atoms with Crippen molar-refractivity contribution in [3.05, 3.63) is 28.8 Å². The van der Waals surface area contributed by atoms with E-state index in [4.69, 9.17) is 16.3 Å². The van der Waals surface area contributed by atoms with Crippen molar-refractivity contribution in [2.45, 2.75) is 43.6 Å². The third-order valence-electron chi connectivity index (χ3n) is 5.12. The summed E-state index contributed by atoms with van der Waals surface area (Å²) in [5, 5.41) is 3.79. The fourth-order valence-electron chi connectivity index (χ4n) is 3.58. The summed E-state index contributed by atoms with van der Waals surface area (Å²) in [6.07, 6.45) is 5.02. The summed E-state index contributed by atoms with van der Waals surface area (Å²) in [6, 6.07) is 5.99. The van der Waals surface area contributed by atoms with Gasteiger partial charge < -0.3 is 10.1 Å². The summed E-state index contributed by atoms with van der Waals surface area (Å²) in [5.41, 5.74) is 1.14. The van der Waals surface area contributed by atoms with Gasteiger partial charge in [-0.15, -0.1) is 0 Å². The lowest BCUT2D eigenvalue weighted by Crippen LogP contribution is -2.38. The topological polar surface area (TPSA) is 58.6 Å². The zero-order valence-electron chi connectivity index (χ0n) is 14.7. The first-order valence-electron chi connectivity index (χ1n) is 8.99. The molecule has 2 aliphatic rings. The van der Waals surface area contributed by atoms with E-state index in [0.29, 0.717) is 17.9 Å². The van der Waals surface area contributed by atoms with Crippen LogP contribution in [0.4, 0.5) is 0 Å². The van der Waals surface area contributed by atoms with Crippen molar-refractivity contribution in [3.8, 4) is 5.75 Å². The molecule has 7 heteroatoms. The van der Waals surface area contributed by atoms with Gasteiger partial charge in [0.15, 0.2) is 0 Å². The summed E-state index contributed by atoms with van der Waals surface area (Å²) in [4.78, 5) is 2.29. The number of piperidine rings is 2. The molecule has 0 unspecified atom stereocenters. The fraction of sp³-hybridized carbons (Fsp3) is 0.667. The number of hydrogen-bond acceptors (Lipinski definition) is 5. The summed E-state index contributed by atoms with van der Waals surface area (Å²) in [5.74, 6) is 0.758. The van der Waals surface area contributed by atoms with Crippen LogP contribution in [0.3, 0.4) is 0 Å². The summed E-state index contributed by atoms with van der Waals surface area (Å²) in [7, 11) is -2.92. The van der Waals surface area contributed by atoms with Crippen LogP contribution < -0.4 is 10.1 Å². The molecule has 1 aromatic carbocycles. The Morgan fingerprint density at radius 3 is 2.48 bits per heavy atom. The molecule has 25 heavy (non-hydrogen) atoms. The van der Waals surface area contributed by atoms with E-state index in [1.54, 1.807) is 0 Å². The zero-order valence-corrected chi connectivity index (χ0v) is 16.3. The van der Waals surface area contributed by atoms with Crippen LogP contribution in [-0.2, 0) is 16.4 Å². The van der Waals surface area contributed by atoms with Crippen LogP contribution in [0.25, 0.3) is 0 Å². The number of halogens is 1. The number of hydrogen-bond donors (Lipinski definition) is 1. The maximum Gasteiger partial charge on any atom is 0.150 e. The summed E-state index contributed by atoms with van der Waals surface area (Å²) >= 11 is 6.41. The normalized spacial score (nSPS) is 21.4. The molecule has 2 aliphatic heterocycles. The predicted molar refractivity (Wildman–Crippen MR) is 101 cm³/mol. The highest BCUT2D eigenvalue weighted by atomic mass is 35.5. The summed E-state index contributed by atoms with van der Waals surface area (Å²) < 4.78 is 29.3. The molecule has 1 N–H and O–H groups in total. The molecular formula is C18H27ClN2O3S. The Labute approximate surface area is 155 Å². The standard InChI is InChI=1S/C18H27ClN2O3S/c1-25(22,23)16-6-10-21(11-7-16)13-14-2-3-18(17(19)12-14)24-15-4-8-20-9-5-15/h2-3,12,15-16,20H,4-11,13H2,1H3. The highest BCUT2D eigenvalue weighted by Gasteiger charge is 2.26. The number of rotatable bonds is 5. The summed E-state index contributed by atoms with van der Waals surface area (Å²) in [6.45, 7) is 4.39. The maximum atomic E-state index is 11.6. The molecule has 0 atom stereocenters. The Bertz CT molecular complexity index is 682. The van der Waals surface area contributed by atoms with Gasteiger partial charge in [-0.2, -0.15) is 0 Å². The van der Waals surface area contributed by atoms with Crippen LogP contribution in [0.2, 0.25) is 5.02 Å². The van der Waals surface area contributed by atoms with Gasteiger partial charge in [-0.05, 0) is 69.6 Å². The van der Waals surface area contributed by atoms with Crippen molar-refractivity contribution in [1.82, 2.24) is 10.2 Å². The van der Waals surface area contributed by atoms with Crippen molar-refractivity contribution in [2.75, 3.05) is 32.4 Å². The van der Waals surface area contributed by atoms with Gasteiger partial charge in [-0.25, -0.2) is 8.42 Å². The van der Waals surface area contributed by atoms with E-state index in [0.717, 1.165) is 56.9 Å². The SMILES string of the molecule is CS(=O)(=O)C1CCN(Cc2ccc(OC3CCNCC3)c(Cl)c2)CC1. The number of ether oxygens (including phenoxy) is 1. The molecule has 0 aliphatic carbocycles. The lowest BCUT2D eigenvalue weighted by atomic mass is 10.1. The van der Waals surface area contributed by atoms with E-state index in [-0.39, 0.29) is 11.4 Å². The first kappa shape index (κ1) is 19.0. The second kappa shape index (κ2) is 8.25. The number of sulfone groups is 1. The van der Waals surface area contributed by atoms with Crippen LogP contribution in [0.15, 0.2) is 18.2 Å². The number of nitrogens with zero attached hydrogens (tertiary/aromatic N) is 1. The molecule has 0 saturated carbocycles. The third kappa shape index (κ3) is 5.33. The molecule has 0 bridgehead atoms. The van der Waals surface area contributed by atoms with E-state index in [2.05, 4.69) is 16.3 Å². The first-order chi connectivity index (χ1) is 11.9. The Hall–Kier alpha value is -0.820. The zero-order chi connectivity index (χ0) is 17.9. The molecule has 3 rings (SSSR count). The first-order valence-corrected chi connectivity index (χ1v) is 11.3. The lowest BCUT2D eigenvalue weighted by Gasteiger charge is -2.31. The molecule has 0 amide bonds. The van der Waals surface area contributed by atoms with Gasteiger partial charge in [0.05, 0.1) is 10.3 Å². The van der Waals surface area contributed by atoms with E-state index in [9.17, 15) is 8.42 Å². The highest BCUT2D eigenvalue weighted by Crippen LogP contribution is 2.29. The monoisotopic (exact) mass is 386 g/mol. The fourth-order valence-corrected chi connectivity index (χ4v) is 4.90. The molecule has 0 radical (unpaired) electrons. The number of benzene rings is 1. The second-order valence-corrected chi connectivity index (χ2v) is 9.87. The molecule has 140 valence electrons. The second-order valence-electron chi connectivity index (χ2n) is 7.14. The Morgan fingerprint density at radius 2 is 1.88 bits per heavy atom. The molecule has 0 aromatic heterocycles. The Kier molecular flexibility index (Phi) is 6.25. The van der Waals surface area contributed by atoms with E-state index >= 15 is 0 Å². The van der Waals surface area contributed by atoms with Crippen molar-refractivity contribution in [3.63, 3.8) is 0 Å². The third-order valence-corrected chi connectivity index (χ3v) is 7.10. The van der Waals surface area contributed by atoms with Crippen LogP contribution >= 0.6 is 11.6 Å². The quantitative estimate of drug-likeness (QED) is 0.842. The number of likely N-dealkylation sites (tertiary alicyclic amines) is 1. The highest BCUT2D eigenvalue weighted by molar-refractivity contribution is 7.91. The molecule has 5 nitrogen and oxygen atoms in total. The smallest absolute Gasteiger partial charge is 0.150 e. The Balaban J connectivity index is 1.54. The molecule has 2 heterocycles. The van der Waals surface area contributed by atoms with Gasteiger partial charge in [0, 0.05) is 12.8 Å².